The molecule has 0 bridgehead atoms. The molecular weight excluding hydrogens is 394 g/mol. The third-order valence-corrected chi connectivity index (χ3v) is 4.78. The predicted molar refractivity (Wildman–Crippen MR) is 117 cm³/mol. The van der Waals surface area contributed by atoms with E-state index in [-0.39, 0.29) is 23.3 Å². The van der Waals surface area contributed by atoms with Crippen molar-refractivity contribution < 1.29 is 23.8 Å². The summed E-state index contributed by atoms with van der Waals surface area (Å²) in [7, 11) is 2.92. The van der Waals surface area contributed by atoms with Crippen molar-refractivity contribution in [2.24, 2.45) is 0 Å². The molecule has 0 fully saturated rings. The molecule has 0 radical (unpaired) electrons. The Morgan fingerprint density at radius 3 is 2.16 bits per heavy atom. The smallest absolute Gasteiger partial charge is 0.342 e. The van der Waals surface area contributed by atoms with Gasteiger partial charge in [-0.3, -0.25) is 4.79 Å². The molecule has 6 heteroatoms. The number of esters is 1. The van der Waals surface area contributed by atoms with Crippen molar-refractivity contribution in [2.75, 3.05) is 20.8 Å². The fraction of sp³-hybridized carbons (Fsp3) is 0.200. The van der Waals surface area contributed by atoms with Gasteiger partial charge in [0, 0.05) is 0 Å². The van der Waals surface area contributed by atoms with Crippen LogP contribution < -0.4 is 14.8 Å². The van der Waals surface area contributed by atoms with Crippen molar-refractivity contribution in [1.29, 1.82) is 0 Å². The number of hydrogen-bond acceptors (Lipinski definition) is 5. The average molecular weight is 419 g/mol. The van der Waals surface area contributed by atoms with Gasteiger partial charge in [-0.2, -0.15) is 0 Å². The molecule has 0 saturated carbocycles. The van der Waals surface area contributed by atoms with Crippen molar-refractivity contribution in [1.82, 2.24) is 5.32 Å². The Balaban J connectivity index is 1.67. The summed E-state index contributed by atoms with van der Waals surface area (Å²) in [4.78, 5) is 25.1. The first-order chi connectivity index (χ1) is 15.1. The van der Waals surface area contributed by atoms with Crippen LogP contribution in [-0.2, 0) is 16.0 Å². The van der Waals surface area contributed by atoms with E-state index in [1.54, 1.807) is 18.2 Å². The molecule has 0 aliphatic heterocycles. The van der Waals surface area contributed by atoms with Crippen LogP contribution in [0.1, 0.15) is 27.5 Å². The standard InChI is InChI=1S/C25H25NO5/c1-29-22-15-9-14-20(24(22)30-2)25(28)31-17-23(27)26-21(19-12-7-4-8-13-19)16-18-10-5-3-6-11-18/h3-15,21H,16-17H2,1-2H3,(H,26,27)/t21-/m0/s1. The van der Waals surface area contributed by atoms with Crippen LogP contribution in [0.2, 0.25) is 0 Å². The van der Waals surface area contributed by atoms with Gasteiger partial charge in [0.05, 0.1) is 20.3 Å². The van der Waals surface area contributed by atoms with E-state index in [2.05, 4.69) is 5.32 Å². The number of carbonyl (C=O) groups excluding carboxylic acids is 2. The lowest BCUT2D eigenvalue weighted by atomic mass is 9.99. The largest absolute Gasteiger partial charge is 0.493 e. The first-order valence-electron chi connectivity index (χ1n) is 9.88. The van der Waals surface area contributed by atoms with Crippen molar-refractivity contribution in [3.63, 3.8) is 0 Å². The summed E-state index contributed by atoms with van der Waals surface area (Å²) in [6.07, 6.45) is 0.619. The molecule has 6 nitrogen and oxygen atoms in total. The Morgan fingerprint density at radius 1 is 0.839 bits per heavy atom. The van der Waals surface area contributed by atoms with Crippen molar-refractivity contribution in [2.45, 2.75) is 12.5 Å². The Labute approximate surface area is 181 Å². The van der Waals surface area contributed by atoms with Crippen LogP contribution in [0.25, 0.3) is 0 Å². The van der Waals surface area contributed by atoms with Gasteiger partial charge in [0.2, 0.25) is 0 Å². The van der Waals surface area contributed by atoms with E-state index in [9.17, 15) is 9.59 Å². The van der Waals surface area contributed by atoms with Crippen molar-refractivity contribution in [3.8, 4) is 11.5 Å². The zero-order valence-corrected chi connectivity index (χ0v) is 17.5. The zero-order valence-electron chi connectivity index (χ0n) is 17.5. The van der Waals surface area contributed by atoms with E-state index in [1.807, 2.05) is 60.7 Å². The fourth-order valence-corrected chi connectivity index (χ4v) is 3.28. The molecule has 1 amide bonds. The van der Waals surface area contributed by atoms with E-state index in [1.165, 1.54) is 14.2 Å². The molecule has 0 aliphatic rings. The summed E-state index contributed by atoms with van der Waals surface area (Å²) in [5.41, 5.74) is 2.26. The molecule has 0 heterocycles. The summed E-state index contributed by atoms with van der Waals surface area (Å²) in [5.74, 6) is -0.375. The number of benzene rings is 3. The number of hydrogen-bond donors (Lipinski definition) is 1. The third kappa shape index (κ3) is 5.85. The molecule has 31 heavy (non-hydrogen) atoms. The lowest BCUT2D eigenvalue weighted by Gasteiger charge is -2.20. The highest BCUT2D eigenvalue weighted by molar-refractivity contribution is 5.95. The highest BCUT2D eigenvalue weighted by Gasteiger charge is 2.20. The molecule has 3 rings (SSSR count). The molecule has 0 spiro atoms. The molecular formula is C25H25NO5. The van der Waals surface area contributed by atoms with Crippen LogP contribution in [0, 0.1) is 0 Å². The van der Waals surface area contributed by atoms with Crippen LogP contribution in [0.4, 0.5) is 0 Å². The summed E-state index contributed by atoms with van der Waals surface area (Å²) < 4.78 is 15.7. The molecule has 1 atom stereocenters. The monoisotopic (exact) mass is 419 g/mol. The second-order valence-electron chi connectivity index (χ2n) is 6.84. The molecule has 3 aromatic rings. The third-order valence-electron chi connectivity index (χ3n) is 4.78. The van der Waals surface area contributed by atoms with Crippen LogP contribution >= 0.6 is 0 Å². The maximum Gasteiger partial charge on any atom is 0.342 e. The number of ether oxygens (including phenoxy) is 3. The lowest BCUT2D eigenvalue weighted by molar-refractivity contribution is -0.125. The van der Waals surface area contributed by atoms with E-state index in [0.29, 0.717) is 12.2 Å². The highest BCUT2D eigenvalue weighted by Crippen LogP contribution is 2.31. The fourth-order valence-electron chi connectivity index (χ4n) is 3.28. The van der Waals surface area contributed by atoms with Gasteiger partial charge in [0.1, 0.15) is 5.56 Å². The molecule has 1 N–H and O–H groups in total. The number of nitrogens with one attached hydrogen (secondary N) is 1. The highest BCUT2D eigenvalue weighted by atomic mass is 16.5. The van der Waals surface area contributed by atoms with Gasteiger partial charge in [-0.1, -0.05) is 66.7 Å². The summed E-state index contributed by atoms with van der Waals surface area (Å²) in [5, 5.41) is 2.97. The Bertz CT molecular complexity index is 1000. The number of para-hydroxylation sites is 1. The van der Waals surface area contributed by atoms with Crippen LogP contribution in [-0.4, -0.2) is 32.7 Å². The Hall–Kier alpha value is -3.80. The first-order valence-corrected chi connectivity index (χ1v) is 9.88. The van der Waals surface area contributed by atoms with Gasteiger partial charge in [0.15, 0.2) is 18.1 Å². The normalized spacial score (nSPS) is 11.3. The molecule has 0 aliphatic carbocycles. The minimum Gasteiger partial charge on any atom is -0.493 e. The zero-order chi connectivity index (χ0) is 22.1. The molecule has 0 aromatic heterocycles. The van der Waals surface area contributed by atoms with Gasteiger partial charge in [0.25, 0.3) is 5.91 Å². The van der Waals surface area contributed by atoms with Crippen molar-refractivity contribution in [3.05, 3.63) is 95.6 Å². The van der Waals surface area contributed by atoms with E-state index in [0.717, 1.165) is 11.1 Å². The minimum atomic E-state index is -0.662. The number of carbonyl (C=O) groups is 2. The van der Waals surface area contributed by atoms with Crippen molar-refractivity contribution >= 4 is 11.9 Å². The number of methoxy groups -OCH3 is 2. The first kappa shape index (κ1) is 21.9. The van der Waals surface area contributed by atoms with Crippen LogP contribution in [0.5, 0.6) is 11.5 Å². The molecule has 3 aromatic carbocycles. The van der Waals surface area contributed by atoms with Gasteiger partial charge < -0.3 is 19.5 Å². The predicted octanol–water partition coefficient (Wildman–Crippen LogP) is 3.96. The SMILES string of the molecule is COc1cccc(C(=O)OCC(=O)N[C@@H](Cc2ccccc2)c2ccccc2)c1OC. The van der Waals surface area contributed by atoms with Gasteiger partial charge in [-0.25, -0.2) is 4.79 Å². The van der Waals surface area contributed by atoms with E-state index < -0.39 is 12.6 Å². The quantitative estimate of drug-likeness (QED) is 0.532. The minimum absolute atomic E-state index is 0.193. The maximum atomic E-state index is 12.6. The topological polar surface area (TPSA) is 73.9 Å². The maximum absolute atomic E-state index is 12.6. The van der Waals surface area contributed by atoms with Crippen LogP contribution in [0.15, 0.2) is 78.9 Å². The second kappa shape index (κ2) is 10.8. The van der Waals surface area contributed by atoms with E-state index >= 15 is 0 Å². The number of rotatable bonds is 9. The summed E-state index contributed by atoms with van der Waals surface area (Å²) in [6.45, 7) is -0.405. The van der Waals surface area contributed by atoms with Gasteiger partial charge >= 0.3 is 5.97 Å². The summed E-state index contributed by atoms with van der Waals surface area (Å²) >= 11 is 0. The molecule has 160 valence electrons. The van der Waals surface area contributed by atoms with E-state index in [4.69, 9.17) is 14.2 Å². The number of amides is 1. The average Bonchev–Trinajstić information content (AvgIpc) is 2.82. The summed E-state index contributed by atoms with van der Waals surface area (Å²) in [6, 6.07) is 24.2. The second-order valence-corrected chi connectivity index (χ2v) is 6.84. The Morgan fingerprint density at radius 2 is 1.52 bits per heavy atom. The molecule has 0 unspecified atom stereocenters. The van der Waals surface area contributed by atoms with Gasteiger partial charge in [-0.05, 0) is 29.7 Å². The lowest BCUT2D eigenvalue weighted by Crippen LogP contribution is -2.33. The van der Waals surface area contributed by atoms with Crippen LogP contribution in [0.3, 0.4) is 0 Å². The Kier molecular flexibility index (Phi) is 7.65. The molecule has 0 saturated heterocycles. The van der Waals surface area contributed by atoms with Gasteiger partial charge in [-0.15, -0.1) is 0 Å².